The maximum Gasteiger partial charge on any atom is 0.416 e. The first kappa shape index (κ1) is 26.2. The number of carbonyl (C=O) groups excluding carboxylic acids is 1. The van der Waals surface area contributed by atoms with Crippen LogP contribution in [0.5, 0.6) is 0 Å². The topological polar surface area (TPSA) is 50.4 Å². The minimum Gasteiger partial charge on any atom is -0.444 e. The second-order valence-corrected chi connectivity index (χ2v) is 12.3. The van der Waals surface area contributed by atoms with Crippen molar-refractivity contribution in [3.05, 3.63) is 51.5 Å². The Kier molecular flexibility index (Phi) is 7.67. The summed E-state index contributed by atoms with van der Waals surface area (Å²) in [6, 6.07) is 8.43. The molecule has 4 nitrogen and oxygen atoms in total. The molecule has 0 aromatic heterocycles. The Morgan fingerprint density at radius 3 is 2.63 bits per heavy atom. The first-order chi connectivity index (χ1) is 16.4. The Bertz CT molecular complexity index is 1100. The summed E-state index contributed by atoms with van der Waals surface area (Å²) in [5.74, 6) is 0.244. The Balaban J connectivity index is 1.48. The smallest absolute Gasteiger partial charge is 0.416 e. The molecule has 2 aliphatic rings. The molecular weight excluding hydrogens is 541 g/mol. The largest absolute Gasteiger partial charge is 0.444 e. The van der Waals surface area contributed by atoms with E-state index in [9.17, 15) is 18.0 Å². The SMILES string of the molecule is CC(C)(C)OC(=O)NC1CCCC(CNc2cc(C(F)(F)F)cc3c2Cc2ccc(Br)cc2S3)C1. The van der Waals surface area contributed by atoms with E-state index in [1.54, 1.807) is 0 Å². The number of rotatable bonds is 4. The van der Waals surface area contributed by atoms with Gasteiger partial charge in [0.25, 0.3) is 0 Å². The first-order valence-corrected chi connectivity index (χ1v) is 13.4. The van der Waals surface area contributed by atoms with Gasteiger partial charge in [-0.1, -0.05) is 40.2 Å². The number of ether oxygens (including phenoxy) is 1. The van der Waals surface area contributed by atoms with Crippen LogP contribution >= 0.6 is 27.7 Å². The predicted molar refractivity (Wildman–Crippen MR) is 136 cm³/mol. The molecule has 1 heterocycles. The molecule has 9 heteroatoms. The molecule has 35 heavy (non-hydrogen) atoms. The summed E-state index contributed by atoms with van der Waals surface area (Å²) >= 11 is 4.84. The molecule has 2 atom stereocenters. The molecule has 2 aromatic rings. The molecule has 4 rings (SSSR count). The van der Waals surface area contributed by atoms with Gasteiger partial charge in [-0.15, -0.1) is 0 Å². The third kappa shape index (κ3) is 6.88. The van der Waals surface area contributed by atoms with Gasteiger partial charge in [0.15, 0.2) is 0 Å². The number of hydrogen-bond donors (Lipinski definition) is 2. The van der Waals surface area contributed by atoms with Crippen molar-refractivity contribution in [2.45, 2.75) is 80.5 Å². The van der Waals surface area contributed by atoms with E-state index in [0.717, 1.165) is 46.2 Å². The Morgan fingerprint density at radius 2 is 1.91 bits per heavy atom. The molecule has 1 aliphatic heterocycles. The number of anilines is 1. The van der Waals surface area contributed by atoms with Crippen LogP contribution in [0.25, 0.3) is 0 Å². The monoisotopic (exact) mass is 570 g/mol. The zero-order valence-corrected chi connectivity index (χ0v) is 22.4. The molecule has 1 amide bonds. The lowest BCUT2D eigenvalue weighted by molar-refractivity contribution is -0.137. The highest BCUT2D eigenvalue weighted by Gasteiger charge is 2.34. The van der Waals surface area contributed by atoms with E-state index in [-0.39, 0.29) is 12.0 Å². The Labute approximate surface area is 216 Å². The second-order valence-electron chi connectivity index (χ2n) is 10.3. The number of carbonyl (C=O) groups is 1. The highest BCUT2D eigenvalue weighted by molar-refractivity contribution is 9.10. The van der Waals surface area contributed by atoms with Gasteiger partial charge >= 0.3 is 12.3 Å². The first-order valence-electron chi connectivity index (χ1n) is 11.8. The number of amides is 1. The summed E-state index contributed by atoms with van der Waals surface area (Å²) in [5.41, 5.74) is 1.34. The molecule has 0 bridgehead atoms. The van der Waals surface area contributed by atoms with Crippen LogP contribution < -0.4 is 10.6 Å². The average Bonchev–Trinajstić information content (AvgIpc) is 2.74. The molecular formula is C26H30BrF3N2O2S. The van der Waals surface area contributed by atoms with Crippen LogP contribution in [0.15, 0.2) is 44.6 Å². The van der Waals surface area contributed by atoms with Crippen LogP contribution in [0, 0.1) is 5.92 Å². The molecule has 1 fully saturated rings. The van der Waals surface area contributed by atoms with Gasteiger partial charge in [0.05, 0.1) is 5.56 Å². The minimum atomic E-state index is -4.42. The predicted octanol–water partition coefficient (Wildman–Crippen LogP) is 8.02. The van der Waals surface area contributed by atoms with Crippen molar-refractivity contribution in [2.75, 3.05) is 11.9 Å². The summed E-state index contributed by atoms with van der Waals surface area (Å²) in [5, 5.41) is 6.30. The van der Waals surface area contributed by atoms with Crippen molar-refractivity contribution in [3.63, 3.8) is 0 Å². The van der Waals surface area contributed by atoms with E-state index >= 15 is 0 Å². The van der Waals surface area contributed by atoms with Crippen LogP contribution in [-0.2, 0) is 17.3 Å². The third-order valence-electron chi connectivity index (χ3n) is 6.24. The maximum absolute atomic E-state index is 13.7. The quantitative estimate of drug-likeness (QED) is 0.333. The second kappa shape index (κ2) is 10.2. The molecule has 0 spiro atoms. The molecule has 2 aromatic carbocycles. The Morgan fingerprint density at radius 1 is 1.14 bits per heavy atom. The third-order valence-corrected chi connectivity index (χ3v) is 7.91. The van der Waals surface area contributed by atoms with Gasteiger partial charge in [-0.3, -0.25) is 0 Å². The number of halogens is 4. The van der Waals surface area contributed by atoms with Crippen molar-refractivity contribution in [3.8, 4) is 0 Å². The summed E-state index contributed by atoms with van der Waals surface area (Å²) in [6.07, 6.45) is -0.713. The minimum absolute atomic E-state index is 0.00158. The molecule has 2 N–H and O–H groups in total. The molecule has 1 saturated carbocycles. The van der Waals surface area contributed by atoms with Gasteiger partial charge in [-0.25, -0.2) is 4.79 Å². The van der Waals surface area contributed by atoms with E-state index in [0.29, 0.717) is 23.5 Å². The van der Waals surface area contributed by atoms with Crippen LogP contribution in [0.3, 0.4) is 0 Å². The summed E-state index contributed by atoms with van der Waals surface area (Å²) < 4.78 is 47.3. The maximum atomic E-state index is 13.7. The number of nitrogens with one attached hydrogen (secondary N) is 2. The van der Waals surface area contributed by atoms with E-state index in [1.807, 2.05) is 39.0 Å². The highest BCUT2D eigenvalue weighted by atomic mass is 79.9. The summed E-state index contributed by atoms with van der Waals surface area (Å²) in [6.45, 7) is 6.03. The molecule has 190 valence electrons. The van der Waals surface area contributed by atoms with Crippen LogP contribution in [0.2, 0.25) is 0 Å². The van der Waals surface area contributed by atoms with Crippen molar-refractivity contribution >= 4 is 39.5 Å². The van der Waals surface area contributed by atoms with Gasteiger partial charge in [0.2, 0.25) is 0 Å². The number of hydrogen-bond acceptors (Lipinski definition) is 4. The van der Waals surface area contributed by atoms with E-state index in [2.05, 4.69) is 26.6 Å². The number of benzene rings is 2. The fourth-order valence-corrected chi connectivity index (χ4v) is 6.35. The Hall–Kier alpha value is -1.87. The zero-order chi connectivity index (χ0) is 25.4. The van der Waals surface area contributed by atoms with Crippen molar-refractivity contribution in [2.24, 2.45) is 5.92 Å². The van der Waals surface area contributed by atoms with Crippen molar-refractivity contribution < 1.29 is 22.7 Å². The van der Waals surface area contributed by atoms with Gasteiger partial charge in [-0.05, 0) is 81.3 Å². The van der Waals surface area contributed by atoms with Crippen molar-refractivity contribution in [1.82, 2.24) is 5.32 Å². The highest BCUT2D eigenvalue weighted by Crippen LogP contribution is 2.46. The van der Waals surface area contributed by atoms with Gasteiger partial charge in [0.1, 0.15) is 5.60 Å². The molecule has 0 radical (unpaired) electrons. The van der Waals surface area contributed by atoms with Crippen LogP contribution in [0.4, 0.5) is 23.7 Å². The van der Waals surface area contributed by atoms with Gasteiger partial charge in [0, 0.05) is 39.0 Å². The lowest BCUT2D eigenvalue weighted by Crippen LogP contribution is -2.42. The average molecular weight is 572 g/mol. The van der Waals surface area contributed by atoms with Gasteiger partial charge < -0.3 is 15.4 Å². The van der Waals surface area contributed by atoms with Crippen LogP contribution in [0.1, 0.15) is 63.1 Å². The molecule has 2 unspecified atom stereocenters. The van der Waals surface area contributed by atoms with Crippen LogP contribution in [-0.4, -0.2) is 24.3 Å². The summed E-state index contributed by atoms with van der Waals surface area (Å²) in [7, 11) is 0. The van der Waals surface area contributed by atoms with E-state index in [1.165, 1.54) is 23.9 Å². The number of alkyl halides is 3. The van der Waals surface area contributed by atoms with Crippen molar-refractivity contribution in [1.29, 1.82) is 0 Å². The van der Waals surface area contributed by atoms with E-state index < -0.39 is 23.4 Å². The fourth-order valence-electron chi connectivity index (χ4n) is 4.65. The standard InChI is InChI=1S/C26H30BrF3N2O2S/c1-25(2,3)34-24(33)32-19-6-4-5-15(9-19)14-31-21-11-17(26(28,29)30)12-23-20(21)10-16-7-8-18(27)13-22(16)35-23/h7-8,11-13,15,19,31H,4-6,9-10,14H2,1-3H3,(H,32,33). The normalized spacial score (nSPS) is 20.0. The number of alkyl carbamates (subject to hydrolysis) is 1. The summed E-state index contributed by atoms with van der Waals surface area (Å²) in [4.78, 5) is 13.8. The zero-order valence-electron chi connectivity index (χ0n) is 20.0. The number of fused-ring (bicyclic) bond motifs is 2. The van der Waals surface area contributed by atoms with E-state index in [4.69, 9.17) is 4.74 Å². The van der Waals surface area contributed by atoms with Gasteiger partial charge in [-0.2, -0.15) is 13.2 Å². The lowest BCUT2D eigenvalue weighted by atomic mass is 9.85. The lowest BCUT2D eigenvalue weighted by Gasteiger charge is -2.31. The molecule has 0 saturated heterocycles. The fraction of sp³-hybridized carbons (Fsp3) is 0.500. The molecule has 1 aliphatic carbocycles.